The van der Waals surface area contributed by atoms with Gasteiger partial charge in [0, 0.05) is 51.7 Å². The summed E-state index contributed by atoms with van der Waals surface area (Å²) in [5, 5.41) is 3.31. The predicted octanol–water partition coefficient (Wildman–Crippen LogP) is 2.77. The summed E-state index contributed by atoms with van der Waals surface area (Å²) in [4.78, 5) is 20.9. The van der Waals surface area contributed by atoms with Gasteiger partial charge in [0.25, 0.3) is 5.91 Å². The highest BCUT2D eigenvalue weighted by Gasteiger charge is 2.24. The van der Waals surface area contributed by atoms with Crippen LogP contribution in [0.4, 0.5) is 15.8 Å². The van der Waals surface area contributed by atoms with Crippen molar-refractivity contribution in [1.82, 2.24) is 9.88 Å². The summed E-state index contributed by atoms with van der Waals surface area (Å²) >= 11 is 0. The summed E-state index contributed by atoms with van der Waals surface area (Å²) in [5.41, 5.74) is 1.99. The van der Waals surface area contributed by atoms with E-state index in [9.17, 15) is 9.18 Å². The second-order valence-corrected chi connectivity index (χ2v) is 7.21. The average Bonchev–Trinajstić information content (AvgIpc) is 3.26. The summed E-state index contributed by atoms with van der Waals surface area (Å²) in [6, 6.07) is 8.60. The number of carbonyl (C=O) groups excluding carboxylic acids is 1. The molecule has 1 aromatic heterocycles. The minimum atomic E-state index is -0.225. The number of nitrogens with zero attached hydrogens (tertiary/aromatic N) is 3. The molecule has 2 saturated heterocycles. The van der Waals surface area contributed by atoms with Gasteiger partial charge in [-0.15, -0.1) is 0 Å². The van der Waals surface area contributed by atoms with Crippen LogP contribution in [0.25, 0.3) is 0 Å². The van der Waals surface area contributed by atoms with Crippen LogP contribution in [0.1, 0.15) is 23.2 Å². The van der Waals surface area contributed by atoms with Crippen molar-refractivity contribution in [2.24, 2.45) is 0 Å². The topological polar surface area (TPSA) is 57.7 Å². The van der Waals surface area contributed by atoms with Crippen molar-refractivity contribution >= 4 is 17.3 Å². The lowest BCUT2D eigenvalue weighted by atomic mass is 10.2. The number of ether oxygens (including phenoxy) is 1. The molecule has 1 atom stereocenters. The van der Waals surface area contributed by atoms with E-state index in [0.29, 0.717) is 37.4 Å². The Morgan fingerprint density at radius 2 is 2.04 bits per heavy atom. The van der Waals surface area contributed by atoms with Gasteiger partial charge in [-0.2, -0.15) is 0 Å². The van der Waals surface area contributed by atoms with E-state index in [2.05, 4.69) is 10.3 Å². The fourth-order valence-corrected chi connectivity index (χ4v) is 3.73. The van der Waals surface area contributed by atoms with Crippen molar-refractivity contribution in [1.29, 1.82) is 0 Å². The molecule has 7 heteroatoms. The summed E-state index contributed by atoms with van der Waals surface area (Å²) in [6.07, 6.45) is 5.71. The van der Waals surface area contributed by atoms with Crippen LogP contribution in [-0.4, -0.2) is 61.2 Å². The zero-order chi connectivity index (χ0) is 19.3. The predicted molar refractivity (Wildman–Crippen MR) is 106 cm³/mol. The third-order valence-corrected chi connectivity index (χ3v) is 5.30. The average molecular weight is 384 g/mol. The Morgan fingerprint density at radius 3 is 2.79 bits per heavy atom. The zero-order valence-corrected chi connectivity index (χ0v) is 15.8. The Morgan fingerprint density at radius 1 is 1.21 bits per heavy atom. The molecule has 0 saturated carbocycles. The minimum Gasteiger partial charge on any atom is -0.381 e. The van der Waals surface area contributed by atoms with Gasteiger partial charge in [-0.1, -0.05) is 12.1 Å². The van der Waals surface area contributed by atoms with Crippen LogP contribution in [0.2, 0.25) is 0 Å². The number of hydrogen-bond donors (Lipinski definition) is 1. The molecule has 0 bridgehead atoms. The van der Waals surface area contributed by atoms with Gasteiger partial charge in [-0.25, -0.2) is 4.39 Å². The molecule has 1 unspecified atom stereocenters. The molecule has 1 N–H and O–H groups in total. The molecular weight excluding hydrogens is 359 g/mol. The number of carbonyl (C=O) groups is 1. The first-order valence-corrected chi connectivity index (χ1v) is 9.80. The highest BCUT2D eigenvalue weighted by atomic mass is 19.1. The molecule has 3 heterocycles. The van der Waals surface area contributed by atoms with E-state index in [1.165, 1.54) is 6.07 Å². The largest absolute Gasteiger partial charge is 0.381 e. The Labute approximate surface area is 164 Å². The molecule has 6 nitrogen and oxygen atoms in total. The Balaban J connectivity index is 1.34. The number of nitrogens with one attached hydrogen (secondary N) is 1. The van der Waals surface area contributed by atoms with Crippen molar-refractivity contribution in [2.45, 2.75) is 18.9 Å². The molecule has 148 valence electrons. The standard InChI is InChI=1S/C21H25FN4O2/c22-19-5-1-2-6-20(19)25-7-9-26(10-8-25)21(27)16-12-17(14-23-13-16)24-15-18-4-3-11-28-18/h1-2,5-6,12-14,18,24H,3-4,7-11,15H2. The van der Waals surface area contributed by atoms with Crippen LogP contribution in [0.5, 0.6) is 0 Å². The van der Waals surface area contributed by atoms with Crippen molar-refractivity contribution in [3.63, 3.8) is 0 Å². The SMILES string of the molecule is O=C(c1cncc(NCC2CCCO2)c1)N1CCN(c2ccccc2F)CC1. The number of aromatic nitrogens is 1. The van der Waals surface area contributed by atoms with Gasteiger partial charge in [0.15, 0.2) is 0 Å². The third-order valence-electron chi connectivity index (χ3n) is 5.30. The van der Waals surface area contributed by atoms with Gasteiger partial charge in [0.05, 0.1) is 23.0 Å². The van der Waals surface area contributed by atoms with Crippen LogP contribution in [0.15, 0.2) is 42.7 Å². The first-order valence-electron chi connectivity index (χ1n) is 9.80. The summed E-state index contributed by atoms with van der Waals surface area (Å²) in [6.45, 7) is 3.87. The maximum atomic E-state index is 14.0. The monoisotopic (exact) mass is 384 g/mol. The fraction of sp³-hybridized carbons (Fsp3) is 0.429. The number of piperazine rings is 1. The number of rotatable bonds is 5. The molecule has 0 radical (unpaired) electrons. The van der Waals surface area contributed by atoms with E-state index >= 15 is 0 Å². The maximum absolute atomic E-state index is 14.0. The fourth-order valence-electron chi connectivity index (χ4n) is 3.73. The van der Waals surface area contributed by atoms with E-state index in [1.54, 1.807) is 29.4 Å². The molecule has 4 rings (SSSR count). The number of anilines is 2. The van der Waals surface area contributed by atoms with Gasteiger partial charge >= 0.3 is 0 Å². The van der Waals surface area contributed by atoms with Gasteiger partial charge < -0.3 is 19.9 Å². The summed E-state index contributed by atoms with van der Waals surface area (Å²) in [5.74, 6) is -0.266. The van der Waals surface area contributed by atoms with E-state index in [1.807, 2.05) is 17.0 Å². The quantitative estimate of drug-likeness (QED) is 0.859. The second-order valence-electron chi connectivity index (χ2n) is 7.21. The number of pyridine rings is 1. The molecule has 1 amide bonds. The normalized spacial score (nSPS) is 19.7. The van der Waals surface area contributed by atoms with Gasteiger partial charge in [0.1, 0.15) is 5.82 Å². The van der Waals surface area contributed by atoms with Crippen LogP contribution in [0, 0.1) is 5.82 Å². The Kier molecular flexibility index (Phi) is 5.71. The minimum absolute atomic E-state index is 0.0403. The Bertz CT molecular complexity index is 818. The lowest BCUT2D eigenvalue weighted by molar-refractivity contribution is 0.0746. The summed E-state index contributed by atoms with van der Waals surface area (Å²) < 4.78 is 19.6. The molecule has 2 fully saturated rings. The molecule has 2 aliphatic heterocycles. The molecule has 0 aliphatic carbocycles. The number of hydrogen-bond acceptors (Lipinski definition) is 5. The second kappa shape index (κ2) is 8.56. The highest BCUT2D eigenvalue weighted by Crippen LogP contribution is 2.21. The highest BCUT2D eigenvalue weighted by molar-refractivity contribution is 5.95. The van der Waals surface area contributed by atoms with Gasteiger partial charge in [-0.3, -0.25) is 9.78 Å². The van der Waals surface area contributed by atoms with E-state index in [-0.39, 0.29) is 17.8 Å². The van der Waals surface area contributed by atoms with E-state index in [0.717, 1.165) is 31.7 Å². The van der Waals surface area contributed by atoms with Crippen molar-refractivity contribution in [3.8, 4) is 0 Å². The molecule has 0 spiro atoms. The van der Waals surface area contributed by atoms with Crippen molar-refractivity contribution in [3.05, 3.63) is 54.1 Å². The first-order chi connectivity index (χ1) is 13.7. The molecule has 2 aromatic rings. The lowest BCUT2D eigenvalue weighted by Gasteiger charge is -2.36. The zero-order valence-electron chi connectivity index (χ0n) is 15.8. The number of amides is 1. The van der Waals surface area contributed by atoms with Gasteiger partial charge in [0.2, 0.25) is 0 Å². The molecule has 1 aromatic carbocycles. The van der Waals surface area contributed by atoms with Gasteiger partial charge in [-0.05, 0) is 31.0 Å². The van der Waals surface area contributed by atoms with Crippen LogP contribution in [-0.2, 0) is 4.74 Å². The summed E-state index contributed by atoms with van der Waals surface area (Å²) in [7, 11) is 0. The molecule has 2 aliphatic rings. The van der Waals surface area contributed by atoms with Crippen LogP contribution < -0.4 is 10.2 Å². The smallest absolute Gasteiger partial charge is 0.255 e. The maximum Gasteiger partial charge on any atom is 0.255 e. The van der Waals surface area contributed by atoms with Crippen LogP contribution >= 0.6 is 0 Å². The Hall–Kier alpha value is -2.67. The van der Waals surface area contributed by atoms with Crippen molar-refractivity contribution in [2.75, 3.05) is 49.5 Å². The number of benzene rings is 1. The molecular formula is C21H25FN4O2. The van der Waals surface area contributed by atoms with E-state index < -0.39 is 0 Å². The number of halogens is 1. The third kappa shape index (κ3) is 4.25. The first kappa shape index (κ1) is 18.7. The lowest BCUT2D eigenvalue weighted by Crippen LogP contribution is -2.49. The van der Waals surface area contributed by atoms with E-state index in [4.69, 9.17) is 4.74 Å². The number of para-hydroxylation sites is 1. The molecule has 28 heavy (non-hydrogen) atoms. The van der Waals surface area contributed by atoms with Crippen molar-refractivity contribution < 1.29 is 13.9 Å². The van der Waals surface area contributed by atoms with Crippen LogP contribution in [0.3, 0.4) is 0 Å².